The third-order valence-corrected chi connectivity index (χ3v) is 6.63. The van der Waals surface area contributed by atoms with E-state index in [-0.39, 0.29) is 6.61 Å². The summed E-state index contributed by atoms with van der Waals surface area (Å²) in [7, 11) is -3.44. The van der Waals surface area contributed by atoms with Crippen molar-refractivity contribution in [3.63, 3.8) is 0 Å². The molecule has 0 aliphatic carbocycles. The molecule has 1 heterocycles. The van der Waals surface area contributed by atoms with Crippen molar-refractivity contribution >= 4 is 21.4 Å². The Labute approximate surface area is 126 Å². The molecule has 0 radical (unpaired) electrons. The predicted octanol–water partition coefficient (Wildman–Crippen LogP) is 3.04. The summed E-state index contributed by atoms with van der Waals surface area (Å²) in [5.74, 6) is 0.392. The zero-order valence-electron chi connectivity index (χ0n) is 12.5. The normalized spacial score (nSPS) is 13.6. The summed E-state index contributed by atoms with van der Waals surface area (Å²) < 4.78 is 27.4. The highest BCUT2D eigenvalue weighted by atomic mass is 32.2. The minimum atomic E-state index is -3.44. The van der Waals surface area contributed by atoms with Gasteiger partial charge in [-0.3, -0.25) is 0 Å². The lowest BCUT2D eigenvalue weighted by Gasteiger charge is -2.14. The third kappa shape index (κ3) is 4.84. The predicted molar refractivity (Wildman–Crippen MR) is 83.5 cm³/mol. The van der Waals surface area contributed by atoms with Gasteiger partial charge in [0, 0.05) is 11.4 Å². The van der Waals surface area contributed by atoms with Gasteiger partial charge in [0.1, 0.15) is 4.21 Å². The van der Waals surface area contributed by atoms with E-state index in [2.05, 4.69) is 18.6 Å². The number of aliphatic hydroxyl groups excluding tert-OH is 1. The molecule has 0 amide bonds. The molecule has 6 heteroatoms. The molecule has 0 saturated carbocycles. The number of aliphatic hydroxyl groups is 1. The molecule has 2 N–H and O–H groups in total. The number of nitrogens with one attached hydrogen (secondary N) is 1. The molecule has 1 rings (SSSR count). The smallest absolute Gasteiger partial charge is 0.250 e. The van der Waals surface area contributed by atoms with Gasteiger partial charge in [-0.2, -0.15) is 0 Å². The topological polar surface area (TPSA) is 66.4 Å². The van der Waals surface area contributed by atoms with Crippen molar-refractivity contribution in [2.24, 2.45) is 5.92 Å². The zero-order chi connectivity index (χ0) is 15.2. The minimum Gasteiger partial charge on any atom is -0.391 e. The summed E-state index contributed by atoms with van der Waals surface area (Å²) in [5.41, 5.74) is 0.830. The van der Waals surface area contributed by atoms with Gasteiger partial charge >= 0.3 is 0 Å². The summed E-state index contributed by atoms with van der Waals surface area (Å²) in [4.78, 5) is 0.711. The van der Waals surface area contributed by atoms with Gasteiger partial charge in [-0.05, 0) is 30.9 Å². The Morgan fingerprint density at radius 3 is 2.60 bits per heavy atom. The summed E-state index contributed by atoms with van der Waals surface area (Å²) >= 11 is 1.14. The number of rotatable bonds is 9. The van der Waals surface area contributed by atoms with Gasteiger partial charge in [0.25, 0.3) is 0 Å². The van der Waals surface area contributed by atoms with Gasteiger partial charge in [0.05, 0.1) is 6.61 Å². The molecule has 1 aromatic rings. The number of aryl methyl sites for hydroxylation is 1. The largest absolute Gasteiger partial charge is 0.391 e. The van der Waals surface area contributed by atoms with Crippen molar-refractivity contribution in [1.29, 1.82) is 0 Å². The maximum atomic E-state index is 12.2. The van der Waals surface area contributed by atoms with Crippen molar-refractivity contribution in [2.45, 2.75) is 57.3 Å². The minimum absolute atomic E-state index is 0.111. The van der Waals surface area contributed by atoms with E-state index in [1.807, 2.05) is 6.92 Å². The maximum absolute atomic E-state index is 12.2. The van der Waals surface area contributed by atoms with Crippen molar-refractivity contribution < 1.29 is 13.5 Å². The van der Waals surface area contributed by atoms with Gasteiger partial charge in [-0.15, -0.1) is 11.3 Å². The number of thiophene rings is 1. The molecule has 1 atom stereocenters. The van der Waals surface area contributed by atoms with Crippen LogP contribution in [0.2, 0.25) is 0 Å². The van der Waals surface area contributed by atoms with Gasteiger partial charge < -0.3 is 5.11 Å². The average molecular weight is 319 g/mol. The first-order valence-corrected chi connectivity index (χ1v) is 9.44. The average Bonchev–Trinajstić information content (AvgIpc) is 2.81. The van der Waals surface area contributed by atoms with Crippen molar-refractivity contribution in [3.05, 3.63) is 16.5 Å². The number of sulfonamides is 1. The summed E-state index contributed by atoms with van der Waals surface area (Å²) in [5, 5.41) is 9.15. The molecule has 1 unspecified atom stereocenters. The van der Waals surface area contributed by atoms with Crippen LogP contribution in [0.1, 0.15) is 50.0 Å². The lowest BCUT2D eigenvalue weighted by Crippen LogP contribution is -2.28. The van der Waals surface area contributed by atoms with Crippen molar-refractivity contribution in [1.82, 2.24) is 4.72 Å². The highest BCUT2D eigenvalue weighted by Gasteiger charge is 2.19. The molecular weight excluding hydrogens is 294 g/mol. The second kappa shape index (κ2) is 8.12. The molecule has 4 nitrogen and oxygen atoms in total. The molecule has 0 fully saturated rings. The summed E-state index contributed by atoms with van der Waals surface area (Å²) in [6.07, 6.45) is 4.30. The van der Waals surface area contributed by atoms with Crippen LogP contribution in [0.4, 0.5) is 0 Å². The molecule has 20 heavy (non-hydrogen) atoms. The van der Waals surface area contributed by atoms with Crippen molar-refractivity contribution in [3.8, 4) is 0 Å². The van der Waals surface area contributed by atoms with Crippen LogP contribution in [0.3, 0.4) is 0 Å². The standard InChI is InChI=1S/C14H25NO3S2/c1-4-6-7-12(5-2)9-15-20(17,18)14-8-11(3)13(10-16)19-14/h8,12,15-16H,4-7,9-10H2,1-3H3. The lowest BCUT2D eigenvalue weighted by atomic mass is 10.00. The van der Waals surface area contributed by atoms with E-state index in [0.29, 0.717) is 21.5 Å². The van der Waals surface area contributed by atoms with E-state index in [9.17, 15) is 8.42 Å². The lowest BCUT2D eigenvalue weighted by molar-refractivity contribution is 0.285. The van der Waals surface area contributed by atoms with Crippen LogP contribution in [-0.4, -0.2) is 20.1 Å². The van der Waals surface area contributed by atoms with Crippen LogP contribution in [0.5, 0.6) is 0 Å². The molecule has 0 aromatic carbocycles. The van der Waals surface area contributed by atoms with E-state index >= 15 is 0 Å². The number of unbranched alkanes of at least 4 members (excludes halogenated alkanes) is 1. The third-order valence-electron chi connectivity index (χ3n) is 3.51. The molecular formula is C14H25NO3S2. The molecule has 0 aliphatic heterocycles. The highest BCUT2D eigenvalue weighted by Crippen LogP contribution is 2.26. The summed E-state index contributed by atoms with van der Waals surface area (Å²) in [6.45, 7) is 6.43. The first-order chi connectivity index (χ1) is 9.44. The van der Waals surface area contributed by atoms with E-state index < -0.39 is 10.0 Å². The van der Waals surface area contributed by atoms with Gasteiger partial charge in [-0.25, -0.2) is 13.1 Å². The Hall–Kier alpha value is -0.430. The molecule has 0 saturated heterocycles. The summed E-state index contributed by atoms with van der Waals surface area (Å²) in [6, 6.07) is 1.63. The van der Waals surface area contributed by atoms with Crippen LogP contribution in [0, 0.1) is 12.8 Å². The quantitative estimate of drug-likeness (QED) is 0.735. The van der Waals surface area contributed by atoms with E-state index in [1.54, 1.807) is 6.07 Å². The zero-order valence-corrected chi connectivity index (χ0v) is 14.1. The van der Waals surface area contributed by atoms with Gasteiger partial charge in [0.15, 0.2) is 0 Å². The monoisotopic (exact) mass is 319 g/mol. The second-order valence-electron chi connectivity index (χ2n) is 5.10. The first kappa shape index (κ1) is 17.6. The van der Waals surface area contributed by atoms with Crippen LogP contribution in [-0.2, 0) is 16.6 Å². The fourth-order valence-corrected chi connectivity index (χ4v) is 4.63. The number of hydrogen-bond acceptors (Lipinski definition) is 4. The Bertz CT molecular complexity index is 508. The van der Waals surface area contributed by atoms with Gasteiger partial charge in [-0.1, -0.05) is 33.1 Å². The highest BCUT2D eigenvalue weighted by molar-refractivity contribution is 7.91. The Morgan fingerprint density at radius 1 is 1.40 bits per heavy atom. The van der Waals surface area contributed by atoms with E-state index in [1.165, 1.54) is 0 Å². The van der Waals surface area contributed by atoms with E-state index in [0.717, 1.165) is 42.6 Å². The van der Waals surface area contributed by atoms with Gasteiger partial charge in [0.2, 0.25) is 10.0 Å². The fraction of sp³-hybridized carbons (Fsp3) is 0.714. The molecule has 1 aromatic heterocycles. The molecule has 116 valence electrons. The Balaban J connectivity index is 2.69. The van der Waals surface area contributed by atoms with Crippen LogP contribution < -0.4 is 4.72 Å². The fourth-order valence-electron chi connectivity index (χ4n) is 2.02. The SMILES string of the molecule is CCCCC(CC)CNS(=O)(=O)c1cc(C)c(CO)s1. The number of hydrogen-bond donors (Lipinski definition) is 2. The first-order valence-electron chi connectivity index (χ1n) is 7.14. The van der Waals surface area contributed by atoms with E-state index in [4.69, 9.17) is 5.11 Å². The van der Waals surface area contributed by atoms with Crippen molar-refractivity contribution in [2.75, 3.05) is 6.54 Å². The molecule has 0 spiro atoms. The van der Waals surface area contributed by atoms with Crippen LogP contribution >= 0.6 is 11.3 Å². The van der Waals surface area contributed by atoms with Crippen LogP contribution in [0.25, 0.3) is 0 Å². The maximum Gasteiger partial charge on any atom is 0.250 e. The molecule has 0 bridgehead atoms. The van der Waals surface area contributed by atoms with Crippen LogP contribution in [0.15, 0.2) is 10.3 Å². The second-order valence-corrected chi connectivity index (χ2v) is 8.23. The Morgan fingerprint density at radius 2 is 2.10 bits per heavy atom. The molecule has 0 aliphatic rings. The Kier molecular flexibility index (Phi) is 7.15.